The topological polar surface area (TPSA) is 83.1 Å². The Morgan fingerprint density at radius 2 is 0.708 bits per heavy atom. The lowest BCUT2D eigenvalue weighted by molar-refractivity contribution is 0.0544. The molecule has 0 aliphatic heterocycles. The molecule has 0 unspecified atom stereocenters. The fourth-order valence-electron chi connectivity index (χ4n) is 7.72. The van der Waals surface area contributed by atoms with E-state index in [1.807, 2.05) is 69.6 Å². The molecular weight excluding hydrogens is 1020 g/mol. The van der Waals surface area contributed by atoms with E-state index in [2.05, 4.69) is 114 Å². The highest BCUT2D eigenvalue weighted by atomic mass is 32.1. The quantitative estimate of drug-likeness (QED) is 0.0426. The number of thiophene rings is 6. The van der Waals surface area contributed by atoms with Gasteiger partial charge in [-0.15, -0.1) is 68.0 Å². The van der Waals surface area contributed by atoms with Crippen molar-refractivity contribution in [2.24, 2.45) is 0 Å². The summed E-state index contributed by atoms with van der Waals surface area (Å²) >= 11 is 10.9. The summed E-state index contributed by atoms with van der Waals surface area (Å²) in [5.74, 6) is 2.45. The molecule has 0 N–H and O–H groups in total. The van der Waals surface area contributed by atoms with Crippen molar-refractivity contribution in [1.29, 1.82) is 0 Å². The Kier molecular flexibility index (Phi) is 19.3. The molecule has 9 rings (SSSR count). The fourth-order valence-corrected chi connectivity index (χ4v) is 14.3. The van der Waals surface area contributed by atoms with E-state index in [9.17, 15) is 0 Å². The fraction of sp³-hybridized carbons (Fsp3) is 0.263. The second kappa shape index (κ2) is 26.8. The summed E-state index contributed by atoms with van der Waals surface area (Å²) in [6, 6.07) is 45.6. The van der Waals surface area contributed by atoms with E-state index < -0.39 is 0 Å². The lowest BCUT2D eigenvalue weighted by Crippen LogP contribution is -2.09. The van der Waals surface area contributed by atoms with E-state index in [1.165, 1.54) is 65.5 Å². The molecule has 6 heterocycles. The Balaban J connectivity index is 0.974. The summed E-state index contributed by atoms with van der Waals surface area (Å²) in [5.41, 5.74) is 7.08. The van der Waals surface area contributed by atoms with E-state index in [4.69, 9.17) is 42.6 Å². The molecule has 0 bridgehead atoms. The first kappa shape index (κ1) is 51.9. The van der Waals surface area contributed by atoms with Crippen LogP contribution in [0.1, 0.15) is 0 Å². The van der Waals surface area contributed by atoms with E-state index in [0.29, 0.717) is 79.3 Å². The molecule has 0 atom stereocenters. The van der Waals surface area contributed by atoms with Crippen molar-refractivity contribution in [2.75, 3.05) is 101 Å². The minimum absolute atomic E-state index is 0.470. The van der Waals surface area contributed by atoms with E-state index in [0.717, 1.165) is 33.9 Å². The summed E-state index contributed by atoms with van der Waals surface area (Å²) in [6.45, 7) is 6.35. The van der Waals surface area contributed by atoms with Gasteiger partial charge in [-0.1, -0.05) is 42.5 Å². The number of rotatable bonds is 29. The van der Waals surface area contributed by atoms with E-state index >= 15 is 0 Å². The van der Waals surface area contributed by atoms with Crippen LogP contribution in [-0.4, -0.2) is 101 Å². The predicted molar refractivity (Wildman–Crippen MR) is 302 cm³/mol. The highest BCUT2D eigenvalue weighted by Gasteiger charge is 2.21. The molecule has 0 saturated carbocycles. The molecule has 9 aromatic rings. The van der Waals surface area contributed by atoms with Crippen molar-refractivity contribution >= 4 is 68.0 Å². The number of hydrogen-bond donors (Lipinski definition) is 0. The van der Waals surface area contributed by atoms with Gasteiger partial charge in [0, 0.05) is 72.2 Å². The van der Waals surface area contributed by atoms with Gasteiger partial charge in [0.25, 0.3) is 0 Å². The summed E-state index contributed by atoms with van der Waals surface area (Å²) in [4.78, 5) is 12.4. The summed E-state index contributed by atoms with van der Waals surface area (Å²) < 4.78 is 50.0. The van der Waals surface area contributed by atoms with Crippen molar-refractivity contribution in [2.45, 2.75) is 0 Å². The van der Waals surface area contributed by atoms with Crippen LogP contribution in [-0.2, 0) is 28.4 Å². The lowest BCUT2D eigenvalue weighted by atomic mass is 10.0. The molecule has 0 fully saturated rings. The van der Waals surface area contributed by atoms with Crippen molar-refractivity contribution in [3.63, 3.8) is 0 Å². The van der Waals surface area contributed by atoms with Crippen molar-refractivity contribution in [1.82, 2.24) is 0 Å². The van der Waals surface area contributed by atoms with Gasteiger partial charge in [0.05, 0.1) is 74.1 Å². The predicted octanol–water partition coefficient (Wildman–Crippen LogP) is 15.5. The molecule has 0 aliphatic carbocycles. The third kappa shape index (κ3) is 13.6. The van der Waals surface area contributed by atoms with Crippen LogP contribution in [0.4, 0.5) is 0 Å². The van der Waals surface area contributed by atoms with Crippen LogP contribution >= 0.6 is 68.0 Å². The molecule has 72 heavy (non-hydrogen) atoms. The molecule has 15 heteroatoms. The van der Waals surface area contributed by atoms with Crippen LogP contribution in [0.3, 0.4) is 0 Å². The SMILES string of the molecule is COCCOCCOc1ccc(-c2ccsc2-c2ccc(-c3cc(-c4ccc(OCCOCCOC)cc4)c(-c4ccc(-c5cc(-c6ccc(OCCOCCOC)cc6)c(-c6cccs6)s5)s4)s3)s2)cc1. The zero-order chi connectivity index (χ0) is 49.3. The Morgan fingerprint density at radius 1 is 0.306 bits per heavy atom. The molecule has 6 aromatic heterocycles. The summed E-state index contributed by atoms with van der Waals surface area (Å²) in [5, 5.41) is 4.33. The van der Waals surface area contributed by atoms with Gasteiger partial charge in [-0.3, -0.25) is 0 Å². The van der Waals surface area contributed by atoms with Crippen molar-refractivity contribution < 1.29 is 42.6 Å². The lowest BCUT2D eigenvalue weighted by Gasteiger charge is -2.08. The number of ether oxygens (including phenoxy) is 9. The first-order valence-electron chi connectivity index (χ1n) is 23.6. The molecule has 374 valence electrons. The zero-order valence-electron chi connectivity index (χ0n) is 40.4. The summed E-state index contributed by atoms with van der Waals surface area (Å²) in [6.07, 6.45) is 0. The average Bonchev–Trinajstić information content (AvgIpc) is 4.28. The first-order chi connectivity index (χ1) is 35.6. The Hall–Kier alpha value is -4.98. The van der Waals surface area contributed by atoms with Gasteiger partial charge >= 0.3 is 0 Å². The second-order valence-electron chi connectivity index (χ2n) is 16.1. The van der Waals surface area contributed by atoms with Gasteiger partial charge in [-0.25, -0.2) is 0 Å². The van der Waals surface area contributed by atoms with Crippen LogP contribution in [0.15, 0.2) is 138 Å². The highest BCUT2D eigenvalue weighted by Crippen LogP contribution is 2.52. The number of hydrogen-bond acceptors (Lipinski definition) is 15. The standard InChI is InChI=1S/C57H56O9S6/c1-58-23-26-61-29-32-64-42-12-6-39(7-13-42)45-22-36-68-55(45)51-20-18-48(69-51)54-38-47(41-10-16-44(17-11-41)66-34-31-63-28-25-60-3)57(72-54)52-21-19-49(70-52)53-37-46(56(71-53)50-5-4-35-67-50)40-8-14-43(15-9-40)65-33-30-62-27-24-59-2/h4-22,35-38H,23-34H2,1-3H3. The van der Waals surface area contributed by atoms with Gasteiger partial charge in [0.15, 0.2) is 0 Å². The van der Waals surface area contributed by atoms with Crippen LogP contribution in [0.25, 0.3) is 82.2 Å². The number of benzene rings is 3. The van der Waals surface area contributed by atoms with Crippen LogP contribution in [0.2, 0.25) is 0 Å². The Bertz CT molecular complexity index is 3000. The van der Waals surface area contributed by atoms with Crippen LogP contribution in [0, 0.1) is 0 Å². The molecule has 0 amide bonds. The second-order valence-corrected chi connectivity index (χ2v) is 22.2. The van der Waals surface area contributed by atoms with Crippen LogP contribution < -0.4 is 14.2 Å². The van der Waals surface area contributed by atoms with E-state index in [1.54, 1.807) is 44.0 Å². The monoisotopic (exact) mass is 1080 g/mol. The molecule has 0 radical (unpaired) electrons. The van der Waals surface area contributed by atoms with Crippen molar-refractivity contribution in [3.8, 4) is 99.4 Å². The maximum absolute atomic E-state index is 6.06. The van der Waals surface area contributed by atoms with Crippen LogP contribution in [0.5, 0.6) is 17.2 Å². The Morgan fingerprint density at radius 3 is 1.14 bits per heavy atom. The molecule has 3 aromatic carbocycles. The first-order valence-corrected chi connectivity index (χ1v) is 28.6. The van der Waals surface area contributed by atoms with Gasteiger partial charge in [0.1, 0.15) is 37.1 Å². The van der Waals surface area contributed by atoms with E-state index in [-0.39, 0.29) is 0 Å². The molecule has 0 spiro atoms. The number of methoxy groups -OCH3 is 3. The van der Waals surface area contributed by atoms with Gasteiger partial charge in [0.2, 0.25) is 0 Å². The molecule has 9 nitrogen and oxygen atoms in total. The van der Waals surface area contributed by atoms with Gasteiger partial charge in [-0.2, -0.15) is 0 Å². The largest absolute Gasteiger partial charge is 0.491 e. The third-order valence-electron chi connectivity index (χ3n) is 11.3. The molecule has 0 aliphatic rings. The normalized spacial score (nSPS) is 11.4. The third-order valence-corrected chi connectivity index (χ3v) is 18.5. The minimum atomic E-state index is 0.470. The minimum Gasteiger partial charge on any atom is -0.491 e. The molecular formula is C57H56O9S6. The maximum Gasteiger partial charge on any atom is 0.119 e. The van der Waals surface area contributed by atoms with Gasteiger partial charge in [-0.05, 0) is 112 Å². The Labute approximate surface area is 445 Å². The zero-order valence-corrected chi connectivity index (χ0v) is 45.3. The summed E-state index contributed by atoms with van der Waals surface area (Å²) in [7, 11) is 5.02. The average molecular weight is 1080 g/mol. The highest BCUT2D eigenvalue weighted by molar-refractivity contribution is 7.30. The maximum atomic E-state index is 6.06. The van der Waals surface area contributed by atoms with Crippen molar-refractivity contribution in [3.05, 3.63) is 138 Å². The van der Waals surface area contributed by atoms with Gasteiger partial charge < -0.3 is 42.6 Å². The smallest absolute Gasteiger partial charge is 0.119 e. The molecule has 0 saturated heterocycles.